The van der Waals surface area contributed by atoms with E-state index < -0.39 is 11.9 Å². The van der Waals surface area contributed by atoms with Crippen molar-refractivity contribution in [3.8, 4) is 32.4 Å². The van der Waals surface area contributed by atoms with Gasteiger partial charge in [-0.05, 0) is 71.8 Å². The van der Waals surface area contributed by atoms with Gasteiger partial charge in [-0.2, -0.15) is 0 Å². The highest BCUT2D eigenvalue weighted by Gasteiger charge is 2.05. The highest BCUT2D eigenvalue weighted by molar-refractivity contribution is 7.80. The molecule has 2 aromatic heterocycles. The number of rotatable bonds is 12. The van der Waals surface area contributed by atoms with Crippen LogP contribution in [-0.4, -0.2) is 38.4 Å². The Morgan fingerprint density at radius 2 is 1.00 bits per heavy atom. The fourth-order valence-corrected chi connectivity index (χ4v) is 7.82. The molecule has 0 bridgehead atoms. The van der Waals surface area contributed by atoms with Crippen molar-refractivity contribution in [1.82, 2.24) is 0 Å². The third-order valence-corrected chi connectivity index (χ3v) is 10.6. The van der Waals surface area contributed by atoms with Crippen LogP contribution < -0.4 is 9.47 Å². The van der Waals surface area contributed by atoms with Gasteiger partial charge in [-0.15, -0.1) is 0 Å². The maximum Gasteiger partial charge on any atom is 0.331 e. The third-order valence-electron chi connectivity index (χ3n) is 4.75. The van der Waals surface area contributed by atoms with Gasteiger partial charge in [0.1, 0.15) is 45.6 Å². The Labute approximate surface area is 244 Å². The molecular formula is C26H20O6S6. The molecule has 2 heterocycles. The maximum absolute atomic E-state index is 11.8. The average Bonchev–Trinajstić information content (AvgIpc) is 3.57. The molecule has 0 fully saturated rings. The van der Waals surface area contributed by atoms with E-state index in [1.165, 1.54) is 0 Å². The average molecular weight is 621 g/mol. The summed E-state index contributed by atoms with van der Waals surface area (Å²) < 4.78 is 23.0. The summed E-state index contributed by atoms with van der Waals surface area (Å²) in [6.45, 7) is 0.448. The summed E-state index contributed by atoms with van der Waals surface area (Å²) in [7, 11) is 6.41. The molecule has 0 radical (unpaired) electrons. The van der Waals surface area contributed by atoms with Crippen molar-refractivity contribution in [2.24, 2.45) is 0 Å². The Morgan fingerprint density at radius 1 is 0.605 bits per heavy atom. The fourth-order valence-electron chi connectivity index (χ4n) is 3.01. The lowest BCUT2D eigenvalue weighted by Gasteiger charge is -2.07. The van der Waals surface area contributed by atoms with Crippen LogP contribution in [0.15, 0.2) is 72.8 Å². The first-order valence-electron chi connectivity index (χ1n) is 11.1. The number of ether oxygens (including phenoxy) is 4. The Kier molecular flexibility index (Phi) is 10.7. The molecule has 0 aliphatic rings. The van der Waals surface area contributed by atoms with Crippen LogP contribution in [0.3, 0.4) is 0 Å². The highest BCUT2D eigenvalue weighted by Crippen LogP contribution is 2.31. The lowest BCUT2D eigenvalue weighted by Crippen LogP contribution is -2.12. The molecule has 0 aliphatic carbocycles. The zero-order valence-corrected chi connectivity index (χ0v) is 24.6. The van der Waals surface area contributed by atoms with Gasteiger partial charge in [-0.1, -0.05) is 65.8 Å². The zero-order valence-electron chi connectivity index (χ0n) is 19.7. The van der Waals surface area contributed by atoms with Crippen LogP contribution in [0.25, 0.3) is 20.9 Å². The zero-order chi connectivity index (χ0) is 26.7. The molecule has 12 heteroatoms. The molecular weight excluding hydrogens is 601 g/mol. The highest BCUT2D eigenvalue weighted by atomic mass is 32.9. The van der Waals surface area contributed by atoms with E-state index in [0.717, 1.165) is 40.7 Å². The van der Waals surface area contributed by atoms with Gasteiger partial charge < -0.3 is 18.9 Å². The van der Waals surface area contributed by atoms with Crippen molar-refractivity contribution in [1.29, 1.82) is 0 Å². The van der Waals surface area contributed by atoms with Crippen LogP contribution in [0.5, 0.6) is 11.5 Å². The van der Waals surface area contributed by atoms with Gasteiger partial charge in [0.25, 0.3) is 0 Å². The van der Waals surface area contributed by atoms with Gasteiger partial charge in [0.15, 0.2) is 0 Å². The Balaban J connectivity index is 1.08. The first-order chi connectivity index (χ1) is 18.5. The first-order valence-corrected chi connectivity index (χ1v) is 16.3. The van der Waals surface area contributed by atoms with Crippen LogP contribution in [0.4, 0.5) is 0 Å². The van der Waals surface area contributed by atoms with Gasteiger partial charge in [-0.3, -0.25) is 0 Å². The standard InChI is InChI=1S/C26H20O6S6/c27-23(31-13-11-29-19-5-1-17(2-6-19)21-15-25(33)37-35-21)9-10-24(28)32-14-12-30-20-7-3-18(4-8-20)22-16-26(34)38-36-22/h1-10,15-16H,11-14H2/b10-9-. The number of carbonyl (C=O) groups is 2. The monoisotopic (exact) mass is 620 g/mol. The topological polar surface area (TPSA) is 71.1 Å². The van der Waals surface area contributed by atoms with Crippen LogP contribution in [-0.2, 0) is 19.1 Å². The molecule has 0 saturated heterocycles. The molecule has 4 aromatic rings. The van der Waals surface area contributed by atoms with E-state index in [0.29, 0.717) is 11.5 Å². The first kappa shape index (κ1) is 28.3. The summed E-state index contributed by atoms with van der Waals surface area (Å²) in [6.07, 6.45) is 2.04. The molecule has 0 atom stereocenters. The quantitative estimate of drug-likeness (QED) is 0.0522. The summed E-state index contributed by atoms with van der Waals surface area (Å²) in [5.74, 6) is 0.000878. The van der Waals surface area contributed by atoms with E-state index >= 15 is 0 Å². The number of esters is 2. The van der Waals surface area contributed by atoms with Gasteiger partial charge in [0, 0.05) is 21.9 Å². The molecule has 0 aliphatic heterocycles. The lowest BCUT2D eigenvalue weighted by molar-refractivity contribution is -0.141. The second kappa shape index (κ2) is 14.4. The SMILES string of the molecule is O=C(/C=C\C(=O)OCCOc1ccc(-c2cc(=S)ss2)cc1)OCCOc1ccc(-c2cc(=S)ss2)cc1. The van der Waals surface area contributed by atoms with Crippen molar-refractivity contribution in [2.75, 3.05) is 26.4 Å². The van der Waals surface area contributed by atoms with E-state index in [1.807, 2.05) is 60.7 Å². The van der Waals surface area contributed by atoms with E-state index in [2.05, 4.69) is 0 Å². The smallest absolute Gasteiger partial charge is 0.331 e. The summed E-state index contributed by atoms with van der Waals surface area (Å²) in [6, 6.07) is 19.2. The second-order valence-electron chi connectivity index (χ2n) is 7.40. The van der Waals surface area contributed by atoms with Crippen LogP contribution in [0.2, 0.25) is 0 Å². The van der Waals surface area contributed by atoms with Gasteiger partial charge in [0.2, 0.25) is 0 Å². The minimum absolute atomic E-state index is 0.0417. The molecule has 0 unspecified atom stereocenters. The van der Waals surface area contributed by atoms with E-state index in [9.17, 15) is 9.59 Å². The molecule has 0 spiro atoms. The van der Waals surface area contributed by atoms with Gasteiger partial charge in [-0.25, -0.2) is 9.59 Å². The van der Waals surface area contributed by atoms with Crippen molar-refractivity contribution >= 4 is 77.7 Å². The Morgan fingerprint density at radius 3 is 1.34 bits per heavy atom. The third kappa shape index (κ3) is 8.93. The maximum atomic E-state index is 11.8. The summed E-state index contributed by atoms with van der Waals surface area (Å²) in [4.78, 5) is 25.8. The normalized spacial score (nSPS) is 10.8. The minimum atomic E-state index is -0.661. The number of hydrogen-bond acceptors (Lipinski definition) is 12. The Bertz CT molecular complexity index is 1380. The summed E-state index contributed by atoms with van der Waals surface area (Å²) in [5.41, 5.74) is 2.14. The van der Waals surface area contributed by atoms with Crippen LogP contribution >= 0.6 is 65.8 Å². The minimum Gasteiger partial charge on any atom is -0.490 e. The van der Waals surface area contributed by atoms with Gasteiger partial charge in [0.05, 0.1) is 0 Å². The largest absolute Gasteiger partial charge is 0.490 e. The lowest BCUT2D eigenvalue weighted by atomic mass is 10.2. The molecule has 2 aromatic carbocycles. The molecule has 38 heavy (non-hydrogen) atoms. The fraction of sp³-hybridized carbons (Fsp3) is 0.154. The van der Waals surface area contributed by atoms with Crippen molar-refractivity contribution in [3.63, 3.8) is 0 Å². The van der Waals surface area contributed by atoms with E-state index in [-0.39, 0.29) is 26.4 Å². The number of benzene rings is 2. The summed E-state index contributed by atoms with van der Waals surface area (Å²) >= 11 is 10.3. The second-order valence-corrected chi connectivity index (χ2v) is 13.2. The number of carbonyl (C=O) groups excluding carboxylic acids is 2. The molecule has 6 nitrogen and oxygen atoms in total. The molecule has 0 saturated carbocycles. The van der Waals surface area contributed by atoms with Crippen LogP contribution in [0, 0.1) is 7.65 Å². The van der Waals surface area contributed by atoms with Crippen molar-refractivity contribution in [3.05, 3.63) is 80.5 Å². The molecule has 0 amide bonds. The molecule has 0 N–H and O–H groups in total. The van der Waals surface area contributed by atoms with Crippen molar-refractivity contribution < 1.29 is 28.5 Å². The summed E-state index contributed by atoms with van der Waals surface area (Å²) in [5, 5.41) is 0. The molecule has 196 valence electrons. The van der Waals surface area contributed by atoms with E-state index in [1.54, 1.807) is 41.4 Å². The predicted octanol–water partition coefficient (Wildman–Crippen LogP) is 7.83. The predicted molar refractivity (Wildman–Crippen MR) is 159 cm³/mol. The van der Waals surface area contributed by atoms with E-state index in [4.69, 9.17) is 43.4 Å². The number of hydrogen-bond donors (Lipinski definition) is 0. The van der Waals surface area contributed by atoms with Crippen molar-refractivity contribution in [2.45, 2.75) is 0 Å². The Hall–Kier alpha value is -2.74. The van der Waals surface area contributed by atoms with Gasteiger partial charge >= 0.3 is 11.9 Å². The van der Waals surface area contributed by atoms with Crippen LogP contribution in [0.1, 0.15) is 0 Å². The molecule has 4 rings (SSSR count).